The summed E-state index contributed by atoms with van der Waals surface area (Å²) in [7, 11) is 0. The molecular formula is C27H29N3O3. The van der Waals surface area contributed by atoms with Gasteiger partial charge in [0.15, 0.2) is 0 Å². The van der Waals surface area contributed by atoms with Crippen LogP contribution in [0, 0.1) is 6.92 Å². The Morgan fingerprint density at radius 2 is 1.82 bits per heavy atom. The first-order valence-electron chi connectivity index (χ1n) is 11.5. The Kier molecular flexibility index (Phi) is 6.11. The number of aliphatic hydroxyl groups is 1. The second kappa shape index (κ2) is 9.33. The molecule has 170 valence electrons. The van der Waals surface area contributed by atoms with Crippen LogP contribution in [-0.4, -0.2) is 51.7 Å². The summed E-state index contributed by atoms with van der Waals surface area (Å²) in [5.41, 5.74) is 4.01. The van der Waals surface area contributed by atoms with Gasteiger partial charge >= 0.3 is 0 Å². The molecule has 2 N–H and O–H groups in total. The van der Waals surface area contributed by atoms with Crippen LogP contribution >= 0.6 is 0 Å². The van der Waals surface area contributed by atoms with E-state index in [1.165, 1.54) is 11.1 Å². The zero-order valence-corrected chi connectivity index (χ0v) is 18.7. The second-order valence-corrected chi connectivity index (χ2v) is 8.94. The topological polar surface area (TPSA) is 74.7 Å². The van der Waals surface area contributed by atoms with E-state index in [4.69, 9.17) is 4.74 Å². The van der Waals surface area contributed by atoms with Gasteiger partial charge in [-0.3, -0.25) is 14.7 Å². The average Bonchev–Trinajstić information content (AvgIpc) is 3.14. The summed E-state index contributed by atoms with van der Waals surface area (Å²) in [6.07, 6.45) is 1.92. The molecule has 0 radical (unpaired) electrons. The third-order valence-electron chi connectivity index (χ3n) is 6.73. The molecule has 1 aliphatic carbocycles. The summed E-state index contributed by atoms with van der Waals surface area (Å²) in [6.45, 7) is 3.47. The van der Waals surface area contributed by atoms with Crippen molar-refractivity contribution in [1.82, 2.24) is 15.2 Å². The molecule has 1 aromatic heterocycles. The molecule has 4 atom stereocenters. The number of pyridine rings is 1. The van der Waals surface area contributed by atoms with Crippen LogP contribution in [0.2, 0.25) is 0 Å². The van der Waals surface area contributed by atoms with E-state index >= 15 is 0 Å². The molecule has 3 aromatic rings. The Hall–Kier alpha value is -3.22. The minimum absolute atomic E-state index is 0.178. The fourth-order valence-corrected chi connectivity index (χ4v) is 5.02. The van der Waals surface area contributed by atoms with Crippen LogP contribution in [0.15, 0.2) is 72.9 Å². The Morgan fingerprint density at radius 1 is 1.06 bits per heavy atom. The highest BCUT2D eigenvalue weighted by atomic mass is 16.5. The van der Waals surface area contributed by atoms with Crippen molar-refractivity contribution in [1.29, 1.82) is 0 Å². The van der Waals surface area contributed by atoms with Gasteiger partial charge in [-0.15, -0.1) is 0 Å². The maximum absolute atomic E-state index is 13.0. The van der Waals surface area contributed by atoms with Gasteiger partial charge in [0.1, 0.15) is 18.0 Å². The molecule has 1 saturated carbocycles. The van der Waals surface area contributed by atoms with Gasteiger partial charge < -0.3 is 15.2 Å². The molecule has 2 aliphatic rings. The molecule has 6 heteroatoms. The lowest BCUT2D eigenvalue weighted by atomic mass is 9.97. The SMILES string of the molecule is Cc1ccc(C(=O)N[C@@H]2C[C@@H](Oc3ccccc3)[C@H](O)[C@H]2N2CCc3ccccc3C2)cn1. The third kappa shape index (κ3) is 4.63. The number of hydrogen-bond donors (Lipinski definition) is 2. The van der Waals surface area contributed by atoms with Gasteiger partial charge in [0, 0.05) is 31.4 Å². The van der Waals surface area contributed by atoms with Crippen molar-refractivity contribution in [2.45, 2.75) is 50.6 Å². The summed E-state index contributed by atoms with van der Waals surface area (Å²) in [5.74, 6) is 0.543. The van der Waals surface area contributed by atoms with E-state index in [1.807, 2.05) is 43.3 Å². The number of aromatic nitrogens is 1. The van der Waals surface area contributed by atoms with E-state index in [-0.39, 0.29) is 18.0 Å². The van der Waals surface area contributed by atoms with Crippen LogP contribution in [0.5, 0.6) is 5.75 Å². The molecule has 2 aromatic carbocycles. The van der Waals surface area contributed by atoms with Gasteiger partial charge in [0.05, 0.1) is 17.6 Å². The number of fused-ring (bicyclic) bond motifs is 1. The predicted molar refractivity (Wildman–Crippen MR) is 126 cm³/mol. The first-order chi connectivity index (χ1) is 16.1. The van der Waals surface area contributed by atoms with Crippen molar-refractivity contribution in [2.75, 3.05) is 6.54 Å². The molecule has 1 fully saturated rings. The van der Waals surface area contributed by atoms with E-state index in [0.717, 1.165) is 31.0 Å². The fourth-order valence-electron chi connectivity index (χ4n) is 5.02. The molecule has 6 nitrogen and oxygen atoms in total. The maximum Gasteiger partial charge on any atom is 0.253 e. The summed E-state index contributed by atoms with van der Waals surface area (Å²) in [6, 6.07) is 21.1. The quantitative estimate of drug-likeness (QED) is 0.634. The molecule has 0 saturated heterocycles. The van der Waals surface area contributed by atoms with E-state index in [2.05, 4.69) is 39.5 Å². The number of para-hydroxylation sites is 1. The minimum Gasteiger partial charge on any atom is -0.488 e. The van der Waals surface area contributed by atoms with Crippen molar-refractivity contribution in [3.63, 3.8) is 0 Å². The number of nitrogens with one attached hydrogen (secondary N) is 1. The van der Waals surface area contributed by atoms with Crippen LogP contribution in [-0.2, 0) is 13.0 Å². The summed E-state index contributed by atoms with van der Waals surface area (Å²) in [5, 5.41) is 14.5. The van der Waals surface area contributed by atoms with Crippen LogP contribution in [0.1, 0.15) is 33.6 Å². The highest BCUT2D eigenvalue weighted by molar-refractivity contribution is 5.94. The van der Waals surface area contributed by atoms with Crippen molar-refractivity contribution < 1.29 is 14.6 Å². The number of aliphatic hydroxyl groups excluding tert-OH is 1. The highest BCUT2D eigenvalue weighted by Gasteiger charge is 2.48. The number of ether oxygens (including phenoxy) is 1. The number of nitrogens with zero attached hydrogens (tertiary/aromatic N) is 2. The summed E-state index contributed by atoms with van der Waals surface area (Å²) >= 11 is 0. The lowest BCUT2D eigenvalue weighted by Crippen LogP contribution is -2.54. The Morgan fingerprint density at radius 3 is 2.58 bits per heavy atom. The number of benzene rings is 2. The van der Waals surface area contributed by atoms with Crippen molar-refractivity contribution in [3.8, 4) is 5.75 Å². The van der Waals surface area contributed by atoms with E-state index in [9.17, 15) is 9.90 Å². The fraction of sp³-hybridized carbons (Fsp3) is 0.333. The molecule has 2 heterocycles. The molecule has 1 amide bonds. The number of carbonyl (C=O) groups is 1. The first kappa shape index (κ1) is 21.6. The van der Waals surface area contributed by atoms with Gasteiger partial charge in [-0.1, -0.05) is 42.5 Å². The Bertz CT molecular complexity index is 1100. The second-order valence-electron chi connectivity index (χ2n) is 8.94. The standard InChI is InChI=1S/C27H29N3O3/c1-18-11-12-20(16-28-18)27(32)29-23-15-24(33-22-9-3-2-4-10-22)26(31)25(23)30-14-13-19-7-5-6-8-21(19)17-30/h2-12,16,23-26,31H,13-15,17H2,1H3,(H,29,32)/t23-,24-,25+,26+/m1/s1. The van der Waals surface area contributed by atoms with Crippen LogP contribution < -0.4 is 10.1 Å². The molecule has 33 heavy (non-hydrogen) atoms. The Labute approximate surface area is 194 Å². The zero-order valence-electron chi connectivity index (χ0n) is 18.7. The number of carbonyl (C=O) groups excluding carboxylic acids is 1. The smallest absolute Gasteiger partial charge is 0.253 e. The molecule has 0 unspecified atom stereocenters. The van der Waals surface area contributed by atoms with Crippen LogP contribution in [0.3, 0.4) is 0 Å². The van der Waals surface area contributed by atoms with Gasteiger partial charge in [-0.05, 0) is 48.7 Å². The van der Waals surface area contributed by atoms with Crippen molar-refractivity contribution >= 4 is 5.91 Å². The monoisotopic (exact) mass is 443 g/mol. The van der Waals surface area contributed by atoms with E-state index in [1.54, 1.807) is 12.3 Å². The predicted octanol–water partition coefficient (Wildman–Crippen LogP) is 3.13. The maximum atomic E-state index is 13.0. The molecule has 5 rings (SSSR count). The minimum atomic E-state index is -0.725. The molecular weight excluding hydrogens is 414 g/mol. The van der Waals surface area contributed by atoms with E-state index < -0.39 is 12.2 Å². The zero-order chi connectivity index (χ0) is 22.8. The van der Waals surface area contributed by atoms with Gasteiger partial charge in [-0.25, -0.2) is 0 Å². The lowest BCUT2D eigenvalue weighted by Gasteiger charge is -2.38. The number of rotatable bonds is 5. The van der Waals surface area contributed by atoms with Crippen molar-refractivity contribution in [2.24, 2.45) is 0 Å². The van der Waals surface area contributed by atoms with Gasteiger partial charge in [-0.2, -0.15) is 0 Å². The number of amides is 1. The van der Waals surface area contributed by atoms with Crippen molar-refractivity contribution in [3.05, 3.63) is 95.3 Å². The molecule has 0 bridgehead atoms. The number of aryl methyl sites for hydroxylation is 1. The molecule has 0 spiro atoms. The Balaban J connectivity index is 1.38. The first-order valence-corrected chi connectivity index (χ1v) is 11.5. The number of hydrogen-bond acceptors (Lipinski definition) is 5. The summed E-state index contributed by atoms with van der Waals surface area (Å²) < 4.78 is 6.17. The van der Waals surface area contributed by atoms with Gasteiger partial charge in [0.25, 0.3) is 5.91 Å². The lowest BCUT2D eigenvalue weighted by molar-refractivity contribution is 0.00259. The summed E-state index contributed by atoms with van der Waals surface area (Å²) in [4.78, 5) is 19.6. The van der Waals surface area contributed by atoms with Crippen LogP contribution in [0.25, 0.3) is 0 Å². The average molecular weight is 444 g/mol. The largest absolute Gasteiger partial charge is 0.488 e. The highest BCUT2D eigenvalue weighted by Crippen LogP contribution is 2.32. The van der Waals surface area contributed by atoms with E-state index in [0.29, 0.717) is 12.0 Å². The van der Waals surface area contributed by atoms with Crippen LogP contribution in [0.4, 0.5) is 0 Å². The third-order valence-corrected chi connectivity index (χ3v) is 6.73. The van der Waals surface area contributed by atoms with Gasteiger partial charge in [0.2, 0.25) is 0 Å². The molecule has 1 aliphatic heterocycles. The normalized spacial score (nSPS) is 24.8.